The standard InChI is InChI=1S/C18H18BrN3O3/c19-12-2-1-3-13(8-12)20-9-14-16(23)21-18(25)22(17(14)24)15-7-10-4-5-11(15)6-10/h1-3,8-11,14-15H,4-7H2,(H,21,23,25)/t10-,11-,14+,15-/m0/s1. The molecule has 1 saturated heterocycles. The average Bonchev–Trinajstić information content (AvgIpc) is 3.17. The fraction of sp³-hybridized carbons (Fsp3) is 0.444. The lowest BCUT2D eigenvalue weighted by Crippen LogP contribution is -2.62. The molecule has 1 heterocycles. The number of benzene rings is 1. The zero-order valence-corrected chi connectivity index (χ0v) is 15.1. The van der Waals surface area contributed by atoms with E-state index in [4.69, 9.17) is 0 Å². The molecule has 4 amide bonds. The number of carbonyl (C=O) groups excluding carboxylic acids is 3. The molecule has 0 spiro atoms. The van der Waals surface area contributed by atoms with Crippen LogP contribution in [0.5, 0.6) is 0 Å². The normalized spacial score (nSPS) is 31.9. The highest BCUT2D eigenvalue weighted by Gasteiger charge is 2.50. The van der Waals surface area contributed by atoms with Gasteiger partial charge in [0.25, 0.3) is 0 Å². The van der Waals surface area contributed by atoms with Crippen LogP contribution in [-0.2, 0) is 9.59 Å². The molecule has 4 rings (SSSR count). The van der Waals surface area contributed by atoms with Gasteiger partial charge >= 0.3 is 6.03 Å². The molecule has 1 aromatic carbocycles. The lowest BCUT2D eigenvalue weighted by molar-refractivity contribution is -0.141. The lowest BCUT2D eigenvalue weighted by Gasteiger charge is -2.36. The number of hydrogen-bond donors (Lipinski definition) is 1. The molecule has 0 radical (unpaired) electrons. The first-order valence-corrected chi connectivity index (χ1v) is 9.30. The number of nitrogens with one attached hydrogen (secondary N) is 1. The Balaban J connectivity index is 1.56. The molecule has 1 N–H and O–H groups in total. The first kappa shape index (κ1) is 16.4. The number of fused-ring (bicyclic) bond motifs is 2. The summed E-state index contributed by atoms with van der Waals surface area (Å²) in [6.07, 6.45) is 5.50. The number of hydrogen-bond acceptors (Lipinski definition) is 4. The van der Waals surface area contributed by atoms with Gasteiger partial charge in [-0.1, -0.05) is 28.4 Å². The molecule has 7 heteroatoms. The Morgan fingerprint density at radius 3 is 2.72 bits per heavy atom. The van der Waals surface area contributed by atoms with Crippen LogP contribution in [0.15, 0.2) is 33.7 Å². The van der Waals surface area contributed by atoms with E-state index in [1.807, 2.05) is 12.1 Å². The van der Waals surface area contributed by atoms with Crippen LogP contribution in [0.3, 0.4) is 0 Å². The predicted octanol–water partition coefficient (Wildman–Crippen LogP) is 3.03. The summed E-state index contributed by atoms with van der Waals surface area (Å²) in [5.41, 5.74) is 0.637. The summed E-state index contributed by atoms with van der Waals surface area (Å²) in [7, 11) is 0. The third-order valence-corrected chi connectivity index (χ3v) is 5.94. The molecule has 6 nitrogen and oxygen atoms in total. The summed E-state index contributed by atoms with van der Waals surface area (Å²) in [6.45, 7) is 0. The summed E-state index contributed by atoms with van der Waals surface area (Å²) >= 11 is 3.36. The quantitative estimate of drug-likeness (QED) is 0.622. The molecule has 2 saturated carbocycles. The van der Waals surface area contributed by atoms with Crippen molar-refractivity contribution in [3.05, 3.63) is 28.7 Å². The first-order chi connectivity index (χ1) is 12.0. The second kappa shape index (κ2) is 6.37. The van der Waals surface area contributed by atoms with Crippen LogP contribution >= 0.6 is 15.9 Å². The summed E-state index contributed by atoms with van der Waals surface area (Å²) in [6, 6.07) is 6.60. The number of imide groups is 2. The Bertz CT molecular complexity index is 779. The van der Waals surface area contributed by atoms with Gasteiger partial charge in [0.15, 0.2) is 5.92 Å². The van der Waals surface area contributed by atoms with Crippen LogP contribution in [0.4, 0.5) is 10.5 Å². The summed E-state index contributed by atoms with van der Waals surface area (Å²) in [5.74, 6) is -1.15. The maximum Gasteiger partial charge on any atom is 0.331 e. The van der Waals surface area contributed by atoms with Crippen LogP contribution in [0.1, 0.15) is 25.7 Å². The molecular formula is C18H18BrN3O3. The van der Waals surface area contributed by atoms with Crippen LogP contribution < -0.4 is 5.32 Å². The van der Waals surface area contributed by atoms with Crippen LogP contribution in [0.25, 0.3) is 0 Å². The predicted molar refractivity (Wildman–Crippen MR) is 95.4 cm³/mol. The first-order valence-electron chi connectivity index (χ1n) is 8.50. The molecule has 2 bridgehead atoms. The van der Waals surface area contributed by atoms with Gasteiger partial charge in [-0.3, -0.25) is 24.8 Å². The van der Waals surface area contributed by atoms with E-state index in [2.05, 4.69) is 26.2 Å². The van der Waals surface area contributed by atoms with Gasteiger partial charge in [-0.2, -0.15) is 0 Å². The number of aliphatic imine (C=N–C) groups is 1. The van der Waals surface area contributed by atoms with E-state index in [9.17, 15) is 14.4 Å². The molecule has 3 fully saturated rings. The lowest BCUT2D eigenvalue weighted by atomic mass is 9.92. The Hall–Kier alpha value is -2.02. The smallest absolute Gasteiger partial charge is 0.277 e. The topological polar surface area (TPSA) is 78.8 Å². The minimum Gasteiger partial charge on any atom is -0.277 e. The van der Waals surface area contributed by atoms with E-state index in [1.165, 1.54) is 17.5 Å². The zero-order valence-electron chi connectivity index (χ0n) is 13.5. The Morgan fingerprint density at radius 2 is 2.04 bits per heavy atom. The fourth-order valence-electron chi connectivity index (χ4n) is 4.30. The van der Waals surface area contributed by atoms with E-state index in [-0.39, 0.29) is 6.04 Å². The van der Waals surface area contributed by atoms with Crippen molar-refractivity contribution in [2.24, 2.45) is 22.7 Å². The third-order valence-electron chi connectivity index (χ3n) is 5.45. The van der Waals surface area contributed by atoms with Gasteiger partial charge < -0.3 is 0 Å². The van der Waals surface area contributed by atoms with E-state index in [0.29, 0.717) is 17.5 Å². The molecule has 4 atom stereocenters. The van der Waals surface area contributed by atoms with Gasteiger partial charge in [0.2, 0.25) is 11.8 Å². The maximum atomic E-state index is 12.8. The van der Waals surface area contributed by atoms with Crippen molar-refractivity contribution in [1.82, 2.24) is 10.2 Å². The second-order valence-corrected chi connectivity index (χ2v) is 7.90. The highest BCUT2D eigenvalue weighted by Crippen LogP contribution is 2.47. The van der Waals surface area contributed by atoms with Crippen molar-refractivity contribution in [2.75, 3.05) is 0 Å². The number of urea groups is 1. The van der Waals surface area contributed by atoms with E-state index < -0.39 is 23.8 Å². The molecule has 25 heavy (non-hydrogen) atoms. The van der Waals surface area contributed by atoms with E-state index in [0.717, 1.165) is 23.7 Å². The molecule has 3 aliphatic rings. The van der Waals surface area contributed by atoms with Crippen molar-refractivity contribution >= 4 is 45.7 Å². The number of amides is 4. The molecule has 1 aromatic rings. The SMILES string of the molecule is O=C1NC(=O)N([C@H]2C[C@H]3CC[C@H]2C3)C(=O)[C@@H]1C=Nc1cccc(Br)c1. The Labute approximate surface area is 153 Å². The van der Waals surface area contributed by atoms with Crippen LogP contribution in [0, 0.1) is 17.8 Å². The van der Waals surface area contributed by atoms with Crippen molar-refractivity contribution in [3.8, 4) is 0 Å². The number of rotatable bonds is 3. The maximum absolute atomic E-state index is 12.8. The minimum atomic E-state index is -1.06. The van der Waals surface area contributed by atoms with Gasteiger partial charge in [0.05, 0.1) is 5.69 Å². The van der Waals surface area contributed by atoms with Gasteiger partial charge in [-0.15, -0.1) is 0 Å². The van der Waals surface area contributed by atoms with Gasteiger partial charge in [0.1, 0.15) is 0 Å². The van der Waals surface area contributed by atoms with E-state index >= 15 is 0 Å². The monoisotopic (exact) mass is 403 g/mol. The highest BCUT2D eigenvalue weighted by molar-refractivity contribution is 9.10. The van der Waals surface area contributed by atoms with Gasteiger partial charge in [-0.05, 0) is 49.3 Å². The number of nitrogens with zero attached hydrogens (tertiary/aromatic N) is 2. The fourth-order valence-corrected chi connectivity index (χ4v) is 4.68. The van der Waals surface area contributed by atoms with E-state index in [1.54, 1.807) is 12.1 Å². The molecule has 0 aromatic heterocycles. The second-order valence-electron chi connectivity index (χ2n) is 6.98. The molecule has 130 valence electrons. The number of halogens is 1. The average molecular weight is 404 g/mol. The van der Waals surface area contributed by atoms with Crippen molar-refractivity contribution in [3.63, 3.8) is 0 Å². The van der Waals surface area contributed by atoms with Crippen molar-refractivity contribution < 1.29 is 14.4 Å². The zero-order chi connectivity index (χ0) is 17.6. The number of barbiturate groups is 1. The van der Waals surface area contributed by atoms with Crippen molar-refractivity contribution in [1.29, 1.82) is 0 Å². The summed E-state index contributed by atoms with van der Waals surface area (Å²) in [5, 5.41) is 2.32. The highest BCUT2D eigenvalue weighted by atomic mass is 79.9. The largest absolute Gasteiger partial charge is 0.331 e. The number of carbonyl (C=O) groups is 3. The molecular weight excluding hydrogens is 386 g/mol. The minimum absolute atomic E-state index is 0.0823. The molecule has 1 aliphatic heterocycles. The van der Waals surface area contributed by atoms with Crippen LogP contribution in [-0.4, -0.2) is 35.0 Å². The Morgan fingerprint density at radius 1 is 1.20 bits per heavy atom. The van der Waals surface area contributed by atoms with Gasteiger partial charge in [-0.25, -0.2) is 4.79 Å². The summed E-state index contributed by atoms with van der Waals surface area (Å²) < 4.78 is 0.861. The molecule has 0 unspecified atom stereocenters. The van der Waals surface area contributed by atoms with Crippen LogP contribution in [0.2, 0.25) is 0 Å². The summed E-state index contributed by atoms with van der Waals surface area (Å²) in [4.78, 5) is 42.8. The Kier molecular flexibility index (Phi) is 4.19. The van der Waals surface area contributed by atoms with Gasteiger partial charge in [0, 0.05) is 16.7 Å². The third kappa shape index (κ3) is 3.01. The van der Waals surface area contributed by atoms with Crippen molar-refractivity contribution in [2.45, 2.75) is 31.7 Å². The molecule has 2 aliphatic carbocycles.